The Labute approximate surface area is 116 Å². The van der Waals surface area contributed by atoms with Crippen LogP contribution in [0.4, 0.5) is 0 Å². The van der Waals surface area contributed by atoms with Crippen LogP contribution in [-0.2, 0) is 4.79 Å². The van der Waals surface area contributed by atoms with Crippen LogP contribution in [-0.4, -0.2) is 24.0 Å². The summed E-state index contributed by atoms with van der Waals surface area (Å²) in [5.41, 5.74) is 3.29. The van der Waals surface area contributed by atoms with Crippen molar-refractivity contribution in [2.24, 2.45) is 23.2 Å². The molecule has 1 N–H and O–H groups in total. The molecule has 1 heterocycles. The Morgan fingerprint density at radius 3 is 1.95 bits per heavy atom. The van der Waals surface area contributed by atoms with Crippen LogP contribution in [0.5, 0.6) is 0 Å². The molecule has 3 nitrogen and oxygen atoms in total. The lowest BCUT2D eigenvalue weighted by Gasteiger charge is -2.56. The standard InChI is InChI=1S/C16H26N2O/c19-15(17-18-4-2-1-3-5-18)16-9-12-6-13(10-16)8-14(7-12)11-16/h12-14H,1-11H2,(H,17,19). The van der Waals surface area contributed by atoms with Crippen LogP contribution < -0.4 is 5.43 Å². The topological polar surface area (TPSA) is 32.3 Å². The summed E-state index contributed by atoms with van der Waals surface area (Å²) in [5, 5.41) is 2.18. The maximum atomic E-state index is 12.8. The summed E-state index contributed by atoms with van der Waals surface area (Å²) in [5.74, 6) is 2.95. The zero-order chi connectivity index (χ0) is 12.9. The summed E-state index contributed by atoms with van der Waals surface area (Å²) in [6, 6.07) is 0. The summed E-state index contributed by atoms with van der Waals surface area (Å²) >= 11 is 0. The van der Waals surface area contributed by atoms with Gasteiger partial charge in [0.2, 0.25) is 5.91 Å². The van der Waals surface area contributed by atoms with E-state index in [1.54, 1.807) is 0 Å². The van der Waals surface area contributed by atoms with Gasteiger partial charge in [-0.15, -0.1) is 0 Å². The Hall–Kier alpha value is -0.570. The Kier molecular flexibility index (Phi) is 2.87. The monoisotopic (exact) mass is 262 g/mol. The number of amides is 1. The first-order valence-electron chi connectivity index (χ1n) is 8.30. The number of nitrogens with zero attached hydrogens (tertiary/aromatic N) is 1. The molecule has 3 heteroatoms. The van der Waals surface area contributed by atoms with E-state index in [-0.39, 0.29) is 5.41 Å². The smallest absolute Gasteiger partial charge is 0.240 e. The van der Waals surface area contributed by atoms with E-state index in [1.807, 2.05) is 0 Å². The highest BCUT2D eigenvalue weighted by molar-refractivity contribution is 5.82. The second kappa shape index (κ2) is 4.47. The quantitative estimate of drug-likeness (QED) is 0.830. The molecule has 1 saturated heterocycles. The van der Waals surface area contributed by atoms with Gasteiger partial charge in [-0.3, -0.25) is 10.2 Å². The summed E-state index contributed by atoms with van der Waals surface area (Å²) < 4.78 is 0. The fraction of sp³-hybridized carbons (Fsp3) is 0.938. The summed E-state index contributed by atoms with van der Waals surface area (Å²) in [4.78, 5) is 12.8. The molecular weight excluding hydrogens is 236 g/mol. The Balaban J connectivity index is 1.47. The van der Waals surface area contributed by atoms with Crippen molar-refractivity contribution < 1.29 is 4.79 Å². The fourth-order valence-electron chi connectivity index (χ4n) is 5.66. The Morgan fingerprint density at radius 1 is 0.895 bits per heavy atom. The molecule has 4 saturated carbocycles. The van der Waals surface area contributed by atoms with Crippen LogP contribution in [0, 0.1) is 23.2 Å². The highest BCUT2D eigenvalue weighted by Crippen LogP contribution is 2.60. The minimum Gasteiger partial charge on any atom is -0.288 e. The van der Waals surface area contributed by atoms with Crippen molar-refractivity contribution >= 4 is 5.91 Å². The lowest BCUT2D eigenvalue weighted by Crippen LogP contribution is -2.57. The van der Waals surface area contributed by atoms with E-state index in [0.29, 0.717) is 5.91 Å². The van der Waals surface area contributed by atoms with Crippen molar-refractivity contribution in [2.45, 2.75) is 57.8 Å². The minimum atomic E-state index is 0.0200. The molecule has 19 heavy (non-hydrogen) atoms. The zero-order valence-corrected chi connectivity index (χ0v) is 11.9. The van der Waals surface area contributed by atoms with E-state index in [2.05, 4.69) is 10.4 Å². The number of rotatable bonds is 2. The average molecular weight is 262 g/mol. The van der Waals surface area contributed by atoms with E-state index >= 15 is 0 Å². The number of nitrogens with one attached hydrogen (secondary N) is 1. The van der Waals surface area contributed by atoms with Crippen molar-refractivity contribution in [2.75, 3.05) is 13.1 Å². The zero-order valence-electron chi connectivity index (χ0n) is 11.9. The predicted molar refractivity (Wildman–Crippen MR) is 74.2 cm³/mol. The molecular formula is C16H26N2O. The molecule has 106 valence electrons. The van der Waals surface area contributed by atoms with Crippen LogP contribution in [0.3, 0.4) is 0 Å². The third-order valence-electron chi connectivity index (χ3n) is 6.14. The van der Waals surface area contributed by atoms with Crippen LogP contribution in [0.25, 0.3) is 0 Å². The molecule has 5 rings (SSSR count). The molecule has 5 fully saturated rings. The average Bonchev–Trinajstić information content (AvgIpc) is 2.38. The van der Waals surface area contributed by atoms with Gasteiger partial charge in [0.15, 0.2) is 0 Å². The van der Waals surface area contributed by atoms with Gasteiger partial charge in [-0.1, -0.05) is 6.42 Å². The summed E-state index contributed by atoms with van der Waals surface area (Å²) in [7, 11) is 0. The maximum Gasteiger partial charge on any atom is 0.240 e. The largest absolute Gasteiger partial charge is 0.288 e. The fourth-order valence-corrected chi connectivity index (χ4v) is 5.66. The van der Waals surface area contributed by atoms with Gasteiger partial charge in [-0.25, -0.2) is 5.01 Å². The molecule has 4 bridgehead atoms. The van der Waals surface area contributed by atoms with Gasteiger partial charge >= 0.3 is 0 Å². The van der Waals surface area contributed by atoms with Crippen molar-refractivity contribution in [3.05, 3.63) is 0 Å². The second-order valence-corrected chi connectivity index (χ2v) is 7.69. The van der Waals surface area contributed by atoms with E-state index in [1.165, 1.54) is 57.8 Å². The lowest BCUT2D eigenvalue weighted by atomic mass is 9.49. The lowest BCUT2D eigenvalue weighted by molar-refractivity contribution is -0.151. The number of hydrogen-bond acceptors (Lipinski definition) is 2. The van der Waals surface area contributed by atoms with Crippen LogP contribution in [0.1, 0.15) is 57.8 Å². The Bertz CT molecular complexity index is 338. The van der Waals surface area contributed by atoms with Gasteiger partial charge in [0.1, 0.15) is 0 Å². The van der Waals surface area contributed by atoms with E-state index in [9.17, 15) is 4.79 Å². The number of piperidine rings is 1. The van der Waals surface area contributed by atoms with Crippen LogP contribution in [0.2, 0.25) is 0 Å². The highest BCUT2D eigenvalue weighted by Gasteiger charge is 2.54. The summed E-state index contributed by atoms with van der Waals surface area (Å²) in [6.07, 6.45) is 11.6. The molecule has 4 aliphatic carbocycles. The van der Waals surface area contributed by atoms with Gasteiger partial charge in [0, 0.05) is 13.1 Å². The molecule has 1 aliphatic heterocycles. The molecule has 0 atom stereocenters. The minimum absolute atomic E-state index is 0.0200. The summed E-state index contributed by atoms with van der Waals surface area (Å²) in [6.45, 7) is 2.11. The first-order chi connectivity index (χ1) is 9.23. The number of carbonyl (C=O) groups excluding carboxylic acids is 1. The van der Waals surface area contributed by atoms with Crippen molar-refractivity contribution in [3.8, 4) is 0 Å². The Morgan fingerprint density at radius 2 is 1.42 bits per heavy atom. The highest BCUT2D eigenvalue weighted by atomic mass is 16.2. The maximum absolute atomic E-state index is 12.8. The molecule has 5 aliphatic rings. The van der Waals surface area contributed by atoms with Crippen LogP contribution in [0.15, 0.2) is 0 Å². The number of hydrogen-bond donors (Lipinski definition) is 1. The van der Waals surface area contributed by atoms with Gasteiger partial charge in [-0.05, 0) is 69.1 Å². The predicted octanol–water partition coefficient (Wildman–Crippen LogP) is 2.72. The number of carbonyl (C=O) groups is 1. The molecule has 0 aromatic rings. The molecule has 0 aromatic heterocycles. The SMILES string of the molecule is O=C(NN1CCCCC1)C12CC3CC(CC(C3)C1)C2. The number of hydrazine groups is 1. The third-order valence-corrected chi connectivity index (χ3v) is 6.14. The normalized spacial score (nSPS) is 45.4. The molecule has 0 unspecified atom stereocenters. The molecule has 0 spiro atoms. The van der Waals surface area contributed by atoms with E-state index in [4.69, 9.17) is 0 Å². The van der Waals surface area contributed by atoms with Gasteiger partial charge < -0.3 is 0 Å². The van der Waals surface area contributed by atoms with E-state index in [0.717, 1.165) is 30.8 Å². The first-order valence-corrected chi connectivity index (χ1v) is 8.30. The van der Waals surface area contributed by atoms with Crippen LogP contribution >= 0.6 is 0 Å². The third kappa shape index (κ3) is 2.10. The van der Waals surface area contributed by atoms with Gasteiger partial charge in [0.25, 0.3) is 0 Å². The first kappa shape index (κ1) is 12.2. The van der Waals surface area contributed by atoms with E-state index < -0.39 is 0 Å². The van der Waals surface area contributed by atoms with Gasteiger partial charge in [0.05, 0.1) is 5.41 Å². The molecule has 1 amide bonds. The van der Waals surface area contributed by atoms with Crippen molar-refractivity contribution in [1.82, 2.24) is 10.4 Å². The molecule has 0 aromatic carbocycles. The van der Waals surface area contributed by atoms with Gasteiger partial charge in [-0.2, -0.15) is 0 Å². The second-order valence-electron chi connectivity index (χ2n) is 7.69. The molecule has 0 radical (unpaired) electrons. The van der Waals surface area contributed by atoms with Crippen molar-refractivity contribution in [3.63, 3.8) is 0 Å². The van der Waals surface area contributed by atoms with Crippen molar-refractivity contribution in [1.29, 1.82) is 0 Å².